The van der Waals surface area contributed by atoms with Crippen LogP contribution in [0.4, 0.5) is 4.39 Å². The summed E-state index contributed by atoms with van der Waals surface area (Å²) in [5.41, 5.74) is 1.07. The molecule has 1 aromatic carbocycles. The summed E-state index contributed by atoms with van der Waals surface area (Å²) in [6.07, 6.45) is 7.03. The van der Waals surface area contributed by atoms with Crippen LogP contribution in [0.15, 0.2) is 41.3 Å². The number of aromatic hydroxyl groups is 1. The van der Waals surface area contributed by atoms with Gasteiger partial charge in [0.2, 0.25) is 0 Å². The zero-order chi connectivity index (χ0) is 25.6. The lowest BCUT2D eigenvalue weighted by Crippen LogP contribution is -2.54. The van der Waals surface area contributed by atoms with Crippen LogP contribution in [0.1, 0.15) is 42.5 Å². The van der Waals surface area contributed by atoms with E-state index < -0.39 is 11.5 Å². The molecule has 0 radical (unpaired) electrons. The van der Waals surface area contributed by atoms with E-state index in [-0.39, 0.29) is 23.2 Å². The van der Waals surface area contributed by atoms with E-state index in [4.69, 9.17) is 4.74 Å². The van der Waals surface area contributed by atoms with Crippen LogP contribution >= 0.6 is 0 Å². The Balaban J connectivity index is 1.42. The van der Waals surface area contributed by atoms with Crippen molar-refractivity contribution in [1.82, 2.24) is 19.8 Å². The molecule has 9 heteroatoms. The van der Waals surface area contributed by atoms with Crippen molar-refractivity contribution in [3.05, 3.63) is 58.3 Å². The second-order valence-corrected chi connectivity index (χ2v) is 10.6. The van der Waals surface area contributed by atoms with Crippen LogP contribution in [0, 0.1) is 11.2 Å². The third-order valence-electron chi connectivity index (χ3n) is 8.35. The highest BCUT2D eigenvalue weighted by atomic mass is 19.1. The Morgan fingerprint density at radius 2 is 1.86 bits per heavy atom. The van der Waals surface area contributed by atoms with Crippen molar-refractivity contribution in [3.63, 3.8) is 0 Å². The molecule has 3 fully saturated rings. The average molecular weight is 507 g/mol. The van der Waals surface area contributed by atoms with Crippen LogP contribution in [-0.4, -0.2) is 64.4 Å². The van der Waals surface area contributed by atoms with Gasteiger partial charge in [-0.3, -0.25) is 19.1 Å². The molecule has 6 rings (SSSR count). The van der Waals surface area contributed by atoms with Crippen LogP contribution in [-0.2, 0) is 11.3 Å². The first kappa shape index (κ1) is 24.1. The number of nitrogens with zero attached hydrogens (tertiary/aromatic N) is 3. The van der Waals surface area contributed by atoms with E-state index in [0.717, 1.165) is 25.9 Å². The summed E-state index contributed by atoms with van der Waals surface area (Å²) >= 11 is 0. The number of hydrogen-bond donors (Lipinski definition) is 2. The molecule has 1 amide bonds. The summed E-state index contributed by atoms with van der Waals surface area (Å²) in [6.45, 7) is 3.68. The van der Waals surface area contributed by atoms with Gasteiger partial charge in [-0.25, -0.2) is 9.37 Å². The Bertz CT molecular complexity index is 1390. The lowest BCUT2D eigenvalue weighted by atomic mass is 9.54. The first-order valence-corrected chi connectivity index (χ1v) is 13.1. The number of halogens is 1. The number of benzene rings is 1. The quantitative estimate of drug-likeness (QED) is 0.533. The van der Waals surface area contributed by atoms with Gasteiger partial charge >= 0.3 is 0 Å². The predicted molar refractivity (Wildman–Crippen MR) is 137 cm³/mol. The molecular formula is C28H31FN4O4. The molecule has 2 saturated carbocycles. The number of carbonyl (C=O) groups excluding carboxylic acids is 1. The zero-order valence-electron chi connectivity index (χ0n) is 20.7. The van der Waals surface area contributed by atoms with Gasteiger partial charge in [-0.1, -0.05) is 18.6 Å². The predicted octanol–water partition coefficient (Wildman–Crippen LogP) is 3.30. The van der Waals surface area contributed by atoms with Crippen molar-refractivity contribution in [2.45, 2.75) is 44.7 Å². The largest absolute Gasteiger partial charge is 0.506 e. The zero-order valence-corrected chi connectivity index (χ0v) is 20.7. The number of morpholine rings is 1. The standard InChI is InChI=1S/C28H31FN4O4/c29-19-4-2-18(3-5-19)21-6-9-30-25-22(21)24(34)23(26(35)31-20-16-28(17-20)7-1-8-28)27(36)33(25)11-10-32-12-14-37-15-13-32/h2-6,9,20,34H,1,7-8,10-17H2,(H,31,35). The molecule has 0 unspecified atom stereocenters. The molecule has 3 heterocycles. The van der Waals surface area contributed by atoms with Gasteiger partial charge in [0.1, 0.15) is 22.8 Å². The number of hydrogen-bond acceptors (Lipinski definition) is 6. The normalized spacial score (nSPS) is 19.5. The van der Waals surface area contributed by atoms with E-state index in [1.807, 2.05) is 0 Å². The first-order valence-electron chi connectivity index (χ1n) is 13.1. The van der Waals surface area contributed by atoms with Crippen molar-refractivity contribution in [3.8, 4) is 16.9 Å². The molecule has 2 aromatic heterocycles. The molecule has 8 nitrogen and oxygen atoms in total. The van der Waals surface area contributed by atoms with Crippen LogP contribution in [0.5, 0.6) is 5.75 Å². The van der Waals surface area contributed by atoms with Gasteiger partial charge in [0, 0.05) is 38.4 Å². The topological polar surface area (TPSA) is 96.7 Å². The minimum Gasteiger partial charge on any atom is -0.506 e. The van der Waals surface area contributed by atoms with E-state index in [1.54, 1.807) is 24.4 Å². The number of rotatable bonds is 6. The fourth-order valence-corrected chi connectivity index (χ4v) is 6.12. The lowest BCUT2D eigenvalue weighted by molar-refractivity contribution is -0.000679. The summed E-state index contributed by atoms with van der Waals surface area (Å²) in [6, 6.07) is 7.62. The third-order valence-corrected chi connectivity index (χ3v) is 8.35. The molecule has 1 saturated heterocycles. The van der Waals surface area contributed by atoms with Crippen LogP contribution in [0.2, 0.25) is 0 Å². The van der Waals surface area contributed by atoms with Gasteiger partial charge in [0.15, 0.2) is 0 Å². The highest BCUT2D eigenvalue weighted by Gasteiger charge is 2.48. The first-order chi connectivity index (χ1) is 17.9. The molecule has 3 aromatic rings. The number of aromatic nitrogens is 2. The van der Waals surface area contributed by atoms with Crippen molar-refractivity contribution in [2.24, 2.45) is 5.41 Å². The lowest BCUT2D eigenvalue weighted by Gasteiger charge is -2.54. The van der Waals surface area contributed by atoms with Crippen LogP contribution in [0.3, 0.4) is 0 Å². The smallest absolute Gasteiger partial charge is 0.268 e. The second kappa shape index (κ2) is 9.54. The van der Waals surface area contributed by atoms with Crippen LogP contribution in [0.25, 0.3) is 22.2 Å². The van der Waals surface area contributed by atoms with E-state index in [1.165, 1.54) is 36.0 Å². The Morgan fingerprint density at radius 1 is 1.14 bits per heavy atom. The van der Waals surface area contributed by atoms with Gasteiger partial charge in [0.25, 0.3) is 11.5 Å². The maximum atomic E-state index is 13.7. The fraction of sp³-hybridized carbons (Fsp3) is 0.464. The van der Waals surface area contributed by atoms with Crippen molar-refractivity contribution < 1.29 is 19.0 Å². The van der Waals surface area contributed by atoms with Gasteiger partial charge < -0.3 is 15.2 Å². The summed E-state index contributed by atoms with van der Waals surface area (Å²) in [4.78, 5) is 33.8. The van der Waals surface area contributed by atoms with E-state index in [2.05, 4.69) is 15.2 Å². The second-order valence-electron chi connectivity index (χ2n) is 10.6. The van der Waals surface area contributed by atoms with Crippen molar-refractivity contribution >= 4 is 16.9 Å². The summed E-state index contributed by atoms with van der Waals surface area (Å²) < 4.78 is 20.5. The maximum Gasteiger partial charge on any atom is 0.268 e. The Kier molecular flexibility index (Phi) is 6.20. The van der Waals surface area contributed by atoms with E-state index in [0.29, 0.717) is 53.9 Å². The van der Waals surface area contributed by atoms with Gasteiger partial charge in [0.05, 0.1) is 18.6 Å². The summed E-state index contributed by atoms with van der Waals surface area (Å²) in [5, 5.41) is 14.7. The van der Waals surface area contributed by atoms with Gasteiger partial charge in [-0.2, -0.15) is 0 Å². The number of amides is 1. The molecule has 0 atom stereocenters. The fourth-order valence-electron chi connectivity index (χ4n) is 6.12. The van der Waals surface area contributed by atoms with Crippen LogP contribution < -0.4 is 10.9 Å². The SMILES string of the molecule is O=C(NC1CC2(CCC2)C1)c1c(O)c2c(-c3ccc(F)cc3)ccnc2n(CCN2CCOCC2)c1=O. The van der Waals surface area contributed by atoms with Gasteiger partial charge in [-0.05, 0) is 60.4 Å². The maximum absolute atomic E-state index is 13.7. The number of ether oxygens (including phenoxy) is 1. The van der Waals surface area contributed by atoms with E-state index >= 15 is 0 Å². The molecule has 3 aliphatic rings. The number of nitrogens with one attached hydrogen (secondary N) is 1. The average Bonchev–Trinajstić information content (AvgIpc) is 2.85. The van der Waals surface area contributed by atoms with Crippen molar-refractivity contribution in [2.75, 3.05) is 32.8 Å². The Labute approximate surface area is 214 Å². The minimum absolute atomic E-state index is 0.00886. The summed E-state index contributed by atoms with van der Waals surface area (Å²) in [7, 11) is 0. The number of carbonyl (C=O) groups is 1. The van der Waals surface area contributed by atoms with Gasteiger partial charge in [-0.15, -0.1) is 0 Å². The molecule has 1 aliphatic heterocycles. The van der Waals surface area contributed by atoms with Crippen molar-refractivity contribution in [1.29, 1.82) is 0 Å². The summed E-state index contributed by atoms with van der Waals surface area (Å²) in [5.74, 6) is -1.32. The molecular weight excluding hydrogens is 475 g/mol. The molecule has 1 spiro atoms. The highest BCUT2D eigenvalue weighted by Crippen LogP contribution is 2.55. The molecule has 0 bridgehead atoms. The molecule has 194 valence electrons. The minimum atomic E-state index is -0.558. The Hall–Kier alpha value is -3.30. The monoisotopic (exact) mass is 506 g/mol. The number of fused-ring (bicyclic) bond motifs is 1. The Morgan fingerprint density at radius 3 is 2.54 bits per heavy atom. The molecule has 2 aliphatic carbocycles. The third kappa shape index (κ3) is 4.40. The molecule has 37 heavy (non-hydrogen) atoms. The highest BCUT2D eigenvalue weighted by molar-refractivity contribution is 6.06. The number of pyridine rings is 2. The van der Waals surface area contributed by atoms with E-state index in [9.17, 15) is 19.1 Å². The molecule has 2 N–H and O–H groups in total.